The fourth-order valence-corrected chi connectivity index (χ4v) is 2.42. The minimum absolute atomic E-state index is 0.0119. The van der Waals surface area contributed by atoms with Crippen LogP contribution in [0.15, 0.2) is 23.5 Å². The first kappa shape index (κ1) is 14.7. The third-order valence-electron chi connectivity index (χ3n) is 3.50. The lowest BCUT2D eigenvalue weighted by Crippen LogP contribution is -2.27. The molecule has 0 saturated carbocycles. The van der Waals surface area contributed by atoms with Crippen LogP contribution in [0.5, 0.6) is 0 Å². The third-order valence-corrected chi connectivity index (χ3v) is 3.50. The number of aromatic nitrogens is 1. The van der Waals surface area contributed by atoms with Gasteiger partial charge in [0.1, 0.15) is 5.69 Å². The second-order valence-corrected chi connectivity index (χ2v) is 4.78. The molecule has 0 spiro atoms. The van der Waals surface area contributed by atoms with E-state index < -0.39 is 0 Å². The molecule has 2 atom stereocenters. The molecule has 2 unspecified atom stereocenters. The van der Waals surface area contributed by atoms with Crippen LogP contribution in [0.4, 0.5) is 0 Å². The number of rotatable bonds is 5. The minimum atomic E-state index is 0.0119. The molecule has 0 aromatic carbocycles. The quantitative estimate of drug-likeness (QED) is 0.342. The molecule has 1 aliphatic rings. The summed E-state index contributed by atoms with van der Waals surface area (Å²) in [5.74, 6) is 0.0119. The first-order valence-corrected chi connectivity index (χ1v) is 6.38. The maximum atomic E-state index is 8.68. The Morgan fingerprint density at radius 1 is 1.45 bits per heavy atom. The molecule has 1 aromatic rings. The molecule has 20 heavy (non-hydrogen) atoms. The van der Waals surface area contributed by atoms with Crippen molar-refractivity contribution in [1.29, 1.82) is 0 Å². The Bertz CT molecular complexity index is 468. The summed E-state index contributed by atoms with van der Waals surface area (Å²) in [6.45, 7) is 2.38. The number of amidine groups is 1. The van der Waals surface area contributed by atoms with Crippen LogP contribution >= 0.6 is 0 Å². The first-order chi connectivity index (χ1) is 9.67. The molecule has 110 valence electrons. The minimum Gasteiger partial charge on any atom is -0.409 e. The predicted octanol–water partition coefficient (Wildman–Crippen LogP) is 0.0217. The molecular formula is C13H20N4O3. The zero-order valence-corrected chi connectivity index (χ0v) is 11.7. The van der Waals surface area contributed by atoms with Gasteiger partial charge in [0.05, 0.1) is 12.2 Å². The summed E-state index contributed by atoms with van der Waals surface area (Å²) in [7, 11) is 3.40. The summed E-state index contributed by atoms with van der Waals surface area (Å²) in [5.41, 5.74) is 7.06. The third kappa shape index (κ3) is 3.24. The van der Waals surface area contributed by atoms with Gasteiger partial charge < -0.3 is 20.4 Å². The summed E-state index contributed by atoms with van der Waals surface area (Å²) >= 11 is 0. The molecule has 2 rings (SSSR count). The van der Waals surface area contributed by atoms with Crippen LogP contribution in [-0.4, -0.2) is 60.4 Å². The van der Waals surface area contributed by atoms with Gasteiger partial charge in [-0.3, -0.25) is 9.88 Å². The largest absolute Gasteiger partial charge is 0.409 e. The van der Waals surface area contributed by atoms with E-state index in [4.69, 9.17) is 20.4 Å². The van der Waals surface area contributed by atoms with Gasteiger partial charge >= 0.3 is 0 Å². The van der Waals surface area contributed by atoms with Crippen LogP contribution in [0, 0.1) is 0 Å². The van der Waals surface area contributed by atoms with Gasteiger partial charge in [-0.25, -0.2) is 0 Å². The lowest BCUT2D eigenvalue weighted by molar-refractivity contribution is -0.00461. The Balaban J connectivity index is 2.04. The number of nitrogens with two attached hydrogens (primary N) is 1. The SMILES string of the molecule is COC1CN(Cc2ccnc(/C(N)=N/O)c2)CC1OC. The normalized spacial score (nSPS) is 24.2. The van der Waals surface area contributed by atoms with Gasteiger partial charge in [0.15, 0.2) is 5.84 Å². The van der Waals surface area contributed by atoms with Gasteiger partial charge in [0.25, 0.3) is 0 Å². The maximum Gasteiger partial charge on any atom is 0.188 e. The lowest BCUT2D eigenvalue weighted by atomic mass is 10.2. The molecule has 0 amide bonds. The van der Waals surface area contributed by atoms with Crippen LogP contribution in [0.1, 0.15) is 11.3 Å². The Labute approximate surface area is 118 Å². The maximum absolute atomic E-state index is 8.68. The van der Waals surface area contributed by atoms with Crippen molar-refractivity contribution in [2.45, 2.75) is 18.8 Å². The average Bonchev–Trinajstić information content (AvgIpc) is 2.88. The summed E-state index contributed by atoms with van der Waals surface area (Å²) in [4.78, 5) is 6.31. The van der Waals surface area contributed by atoms with E-state index in [9.17, 15) is 0 Å². The van der Waals surface area contributed by atoms with E-state index >= 15 is 0 Å². The Morgan fingerprint density at radius 2 is 2.10 bits per heavy atom. The van der Waals surface area contributed by atoms with Crippen molar-refractivity contribution in [2.75, 3.05) is 27.3 Å². The number of pyridine rings is 1. The van der Waals surface area contributed by atoms with Crippen LogP contribution in [0.25, 0.3) is 0 Å². The van der Waals surface area contributed by atoms with Crippen LogP contribution in [0.3, 0.4) is 0 Å². The number of nitrogens with zero attached hydrogens (tertiary/aromatic N) is 3. The van der Waals surface area contributed by atoms with E-state index in [0.29, 0.717) is 5.69 Å². The van der Waals surface area contributed by atoms with E-state index in [1.165, 1.54) is 0 Å². The Morgan fingerprint density at radius 3 is 2.65 bits per heavy atom. The van der Waals surface area contributed by atoms with E-state index in [2.05, 4.69) is 15.0 Å². The first-order valence-electron chi connectivity index (χ1n) is 6.38. The smallest absolute Gasteiger partial charge is 0.188 e. The highest BCUT2D eigenvalue weighted by molar-refractivity contribution is 5.95. The van der Waals surface area contributed by atoms with Crippen LogP contribution in [-0.2, 0) is 16.0 Å². The van der Waals surface area contributed by atoms with Crippen molar-refractivity contribution in [3.63, 3.8) is 0 Å². The van der Waals surface area contributed by atoms with Gasteiger partial charge in [-0.1, -0.05) is 5.16 Å². The number of hydrogen-bond acceptors (Lipinski definition) is 6. The number of methoxy groups -OCH3 is 2. The molecule has 0 aliphatic carbocycles. The summed E-state index contributed by atoms with van der Waals surface area (Å²) in [6, 6.07) is 3.73. The van der Waals surface area contributed by atoms with Crippen LogP contribution < -0.4 is 5.73 Å². The number of likely N-dealkylation sites (tertiary alicyclic amines) is 1. The van der Waals surface area contributed by atoms with Crippen molar-refractivity contribution >= 4 is 5.84 Å². The van der Waals surface area contributed by atoms with Gasteiger partial charge in [-0.05, 0) is 17.7 Å². The zero-order valence-electron chi connectivity index (χ0n) is 11.7. The van der Waals surface area contributed by atoms with Crippen molar-refractivity contribution in [3.05, 3.63) is 29.6 Å². The molecule has 7 heteroatoms. The molecular weight excluding hydrogens is 260 g/mol. The highest BCUT2D eigenvalue weighted by atomic mass is 16.5. The fraction of sp³-hybridized carbons (Fsp3) is 0.538. The summed E-state index contributed by atoms with van der Waals surface area (Å²) in [5, 5.41) is 11.6. The van der Waals surface area contributed by atoms with Crippen LogP contribution in [0.2, 0.25) is 0 Å². The van der Waals surface area contributed by atoms with Gasteiger partial charge in [-0.15, -0.1) is 0 Å². The number of hydrogen-bond donors (Lipinski definition) is 2. The lowest BCUT2D eigenvalue weighted by Gasteiger charge is -2.15. The van der Waals surface area contributed by atoms with Crippen molar-refractivity contribution in [1.82, 2.24) is 9.88 Å². The van der Waals surface area contributed by atoms with E-state index in [1.807, 2.05) is 12.1 Å². The van der Waals surface area contributed by atoms with Crippen molar-refractivity contribution in [2.24, 2.45) is 10.9 Å². The molecule has 2 heterocycles. The van der Waals surface area contributed by atoms with E-state index in [0.717, 1.165) is 25.2 Å². The van der Waals surface area contributed by atoms with Crippen molar-refractivity contribution < 1.29 is 14.7 Å². The molecule has 1 fully saturated rings. The molecule has 3 N–H and O–H groups in total. The predicted molar refractivity (Wildman–Crippen MR) is 73.6 cm³/mol. The Hall–Kier alpha value is -1.70. The molecule has 1 saturated heterocycles. The zero-order chi connectivity index (χ0) is 14.5. The van der Waals surface area contributed by atoms with Gasteiger partial charge in [-0.2, -0.15) is 0 Å². The van der Waals surface area contributed by atoms with E-state index in [-0.39, 0.29) is 18.0 Å². The molecule has 7 nitrogen and oxygen atoms in total. The fourth-order valence-electron chi connectivity index (χ4n) is 2.42. The highest BCUT2D eigenvalue weighted by Gasteiger charge is 2.32. The Kier molecular flexibility index (Phi) is 4.89. The van der Waals surface area contributed by atoms with E-state index in [1.54, 1.807) is 20.4 Å². The topological polar surface area (TPSA) is 93.2 Å². The van der Waals surface area contributed by atoms with Gasteiger partial charge in [0, 0.05) is 40.1 Å². The molecule has 1 aliphatic heterocycles. The summed E-state index contributed by atoms with van der Waals surface area (Å²) in [6.07, 6.45) is 1.83. The molecule has 0 bridgehead atoms. The second-order valence-electron chi connectivity index (χ2n) is 4.78. The molecule has 0 radical (unpaired) electrons. The molecule has 1 aromatic heterocycles. The highest BCUT2D eigenvalue weighted by Crippen LogP contribution is 2.18. The monoisotopic (exact) mass is 280 g/mol. The number of oxime groups is 1. The second kappa shape index (κ2) is 6.65. The average molecular weight is 280 g/mol. The summed E-state index contributed by atoms with van der Waals surface area (Å²) < 4.78 is 10.8. The number of ether oxygens (including phenoxy) is 2. The van der Waals surface area contributed by atoms with Gasteiger partial charge in [0.2, 0.25) is 0 Å². The standard InChI is InChI=1S/C13H20N4O3/c1-19-11-7-17(8-12(11)20-2)6-9-3-4-15-10(5-9)13(14)16-18/h3-5,11-12,18H,6-8H2,1-2H3,(H2,14,16). The van der Waals surface area contributed by atoms with Crippen molar-refractivity contribution in [3.8, 4) is 0 Å².